The number of ether oxygens (including phenoxy) is 1. The van der Waals surface area contributed by atoms with Gasteiger partial charge in [0.2, 0.25) is 0 Å². The van der Waals surface area contributed by atoms with Crippen LogP contribution in [-0.4, -0.2) is 47.4 Å². The molecule has 1 saturated heterocycles. The number of carbonyl (C=O) groups excluding carboxylic acids is 1. The molecule has 1 aliphatic rings. The van der Waals surface area contributed by atoms with Crippen molar-refractivity contribution in [3.05, 3.63) is 66.0 Å². The van der Waals surface area contributed by atoms with Crippen molar-refractivity contribution in [2.24, 2.45) is 0 Å². The Bertz CT molecular complexity index is 651. The lowest BCUT2D eigenvalue weighted by Crippen LogP contribution is -2.44. The second-order valence-electron chi connectivity index (χ2n) is 5.75. The maximum atomic E-state index is 12.0. The van der Waals surface area contributed by atoms with Crippen molar-refractivity contribution >= 4 is 5.91 Å². The van der Waals surface area contributed by atoms with Gasteiger partial charge in [-0.15, -0.1) is 0 Å². The van der Waals surface area contributed by atoms with Crippen molar-refractivity contribution in [2.45, 2.75) is 24.8 Å². The van der Waals surface area contributed by atoms with Crippen LogP contribution in [0.5, 0.6) is 0 Å². The zero-order valence-corrected chi connectivity index (χ0v) is 13.3. The molecule has 1 aliphatic heterocycles. The Labute approximate surface area is 140 Å². The van der Waals surface area contributed by atoms with E-state index in [4.69, 9.17) is 4.74 Å². The van der Waals surface area contributed by atoms with Gasteiger partial charge in [0.25, 0.3) is 5.91 Å². The van der Waals surface area contributed by atoms with E-state index in [0.717, 1.165) is 5.69 Å². The van der Waals surface area contributed by atoms with E-state index in [0.29, 0.717) is 18.7 Å². The number of aliphatic hydroxyl groups is 1. The number of aliphatic hydroxyl groups excluding tert-OH is 1. The summed E-state index contributed by atoms with van der Waals surface area (Å²) in [5, 5.41) is 16.4. The van der Waals surface area contributed by atoms with Crippen molar-refractivity contribution in [2.75, 3.05) is 13.2 Å². The first-order valence-electron chi connectivity index (χ1n) is 8.00. The molecule has 0 radical (unpaired) electrons. The highest BCUT2D eigenvalue weighted by Gasteiger charge is 2.35. The van der Waals surface area contributed by atoms with Crippen molar-refractivity contribution < 1.29 is 14.6 Å². The third-order valence-corrected chi connectivity index (χ3v) is 4.05. The monoisotopic (exact) mass is 327 g/mol. The van der Waals surface area contributed by atoms with Gasteiger partial charge in [-0.25, -0.2) is 0 Å². The number of hydrogen-bond donors (Lipinski definition) is 3. The van der Waals surface area contributed by atoms with Crippen molar-refractivity contribution in [1.29, 1.82) is 0 Å². The molecule has 2 heterocycles. The average Bonchev–Trinajstić information content (AvgIpc) is 2.99. The van der Waals surface area contributed by atoms with Crippen molar-refractivity contribution in [3.63, 3.8) is 0 Å². The van der Waals surface area contributed by atoms with Gasteiger partial charge in [-0.2, -0.15) is 0 Å². The number of amides is 1. The Hall–Kier alpha value is -2.28. The fourth-order valence-electron chi connectivity index (χ4n) is 2.67. The quantitative estimate of drug-likeness (QED) is 0.728. The summed E-state index contributed by atoms with van der Waals surface area (Å²) < 4.78 is 5.60. The minimum Gasteiger partial charge on any atom is -0.389 e. The molecule has 0 aliphatic carbocycles. The second-order valence-corrected chi connectivity index (χ2v) is 5.75. The van der Waals surface area contributed by atoms with Crippen LogP contribution in [0.3, 0.4) is 0 Å². The SMILES string of the molecule is O=C(NCC1OCC(NCc2ccccn2)C1O)c1ccccc1. The second kappa shape index (κ2) is 8.01. The van der Waals surface area contributed by atoms with Gasteiger partial charge in [-0.3, -0.25) is 9.78 Å². The van der Waals surface area contributed by atoms with E-state index in [-0.39, 0.29) is 18.5 Å². The van der Waals surface area contributed by atoms with Gasteiger partial charge in [0.05, 0.1) is 24.4 Å². The average molecular weight is 327 g/mol. The van der Waals surface area contributed by atoms with Gasteiger partial charge in [0.1, 0.15) is 6.10 Å². The third kappa shape index (κ3) is 4.17. The molecule has 6 heteroatoms. The first-order valence-corrected chi connectivity index (χ1v) is 8.00. The maximum absolute atomic E-state index is 12.0. The van der Waals surface area contributed by atoms with Gasteiger partial charge in [-0.1, -0.05) is 24.3 Å². The van der Waals surface area contributed by atoms with E-state index >= 15 is 0 Å². The summed E-state index contributed by atoms with van der Waals surface area (Å²) >= 11 is 0. The predicted molar refractivity (Wildman–Crippen MR) is 89.4 cm³/mol. The number of pyridine rings is 1. The van der Waals surface area contributed by atoms with Crippen LogP contribution < -0.4 is 10.6 Å². The van der Waals surface area contributed by atoms with Crippen LogP contribution >= 0.6 is 0 Å². The molecule has 1 amide bonds. The fraction of sp³-hybridized carbons (Fsp3) is 0.333. The largest absolute Gasteiger partial charge is 0.389 e. The first-order chi connectivity index (χ1) is 11.7. The summed E-state index contributed by atoms with van der Waals surface area (Å²) in [6.07, 6.45) is 0.643. The molecule has 3 rings (SSSR count). The standard InChI is InChI=1S/C18H21N3O3/c22-17-15(20-10-14-8-4-5-9-19-14)12-24-16(17)11-21-18(23)13-6-2-1-3-7-13/h1-9,15-17,20,22H,10-12H2,(H,21,23). The van der Waals surface area contributed by atoms with Crippen LogP contribution in [0.2, 0.25) is 0 Å². The summed E-state index contributed by atoms with van der Waals surface area (Å²) in [7, 11) is 0. The third-order valence-electron chi connectivity index (χ3n) is 4.05. The maximum Gasteiger partial charge on any atom is 0.251 e. The van der Waals surface area contributed by atoms with E-state index in [1.165, 1.54) is 0 Å². The summed E-state index contributed by atoms with van der Waals surface area (Å²) in [4.78, 5) is 16.3. The lowest BCUT2D eigenvalue weighted by molar-refractivity contribution is 0.0398. The molecule has 2 aromatic rings. The van der Waals surface area contributed by atoms with Crippen LogP contribution in [0.1, 0.15) is 16.1 Å². The number of rotatable bonds is 6. The zero-order chi connectivity index (χ0) is 16.8. The van der Waals surface area contributed by atoms with Crippen LogP contribution in [0.4, 0.5) is 0 Å². The number of benzene rings is 1. The predicted octanol–water partition coefficient (Wildman–Crippen LogP) is 0.730. The molecule has 3 atom stereocenters. The summed E-state index contributed by atoms with van der Waals surface area (Å²) in [5.74, 6) is -0.170. The van der Waals surface area contributed by atoms with Gasteiger partial charge in [0, 0.05) is 24.8 Å². The number of nitrogens with one attached hydrogen (secondary N) is 2. The molecule has 1 fully saturated rings. The molecule has 3 unspecified atom stereocenters. The molecule has 0 saturated carbocycles. The zero-order valence-electron chi connectivity index (χ0n) is 13.3. The first kappa shape index (κ1) is 16.6. The summed E-state index contributed by atoms with van der Waals surface area (Å²) in [5.41, 5.74) is 1.50. The molecular weight excluding hydrogens is 306 g/mol. The van der Waals surface area contributed by atoms with E-state index in [2.05, 4.69) is 15.6 Å². The van der Waals surface area contributed by atoms with Crippen LogP contribution in [0.15, 0.2) is 54.7 Å². The van der Waals surface area contributed by atoms with Gasteiger partial charge < -0.3 is 20.5 Å². The highest BCUT2D eigenvalue weighted by Crippen LogP contribution is 2.14. The number of nitrogens with zero attached hydrogens (tertiary/aromatic N) is 1. The van der Waals surface area contributed by atoms with Crippen molar-refractivity contribution in [3.8, 4) is 0 Å². The van der Waals surface area contributed by atoms with E-state index in [1.54, 1.807) is 18.3 Å². The van der Waals surface area contributed by atoms with E-state index < -0.39 is 12.2 Å². The lowest BCUT2D eigenvalue weighted by atomic mass is 10.1. The molecule has 0 bridgehead atoms. The Morgan fingerprint density at radius 3 is 2.75 bits per heavy atom. The summed E-state index contributed by atoms with van der Waals surface area (Å²) in [6.45, 7) is 1.24. The fourth-order valence-corrected chi connectivity index (χ4v) is 2.67. The summed E-state index contributed by atoms with van der Waals surface area (Å²) in [6, 6.07) is 14.5. The minimum absolute atomic E-state index is 0.170. The van der Waals surface area contributed by atoms with Crippen LogP contribution in [0, 0.1) is 0 Å². The van der Waals surface area contributed by atoms with Crippen molar-refractivity contribution in [1.82, 2.24) is 15.6 Å². The number of carbonyl (C=O) groups is 1. The Balaban J connectivity index is 1.46. The Kier molecular flexibility index (Phi) is 5.53. The van der Waals surface area contributed by atoms with Gasteiger partial charge >= 0.3 is 0 Å². The highest BCUT2D eigenvalue weighted by molar-refractivity contribution is 5.94. The topological polar surface area (TPSA) is 83.5 Å². The smallest absolute Gasteiger partial charge is 0.251 e. The molecule has 24 heavy (non-hydrogen) atoms. The number of aromatic nitrogens is 1. The molecule has 1 aromatic heterocycles. The highest BCUT2D eigenvalue weighted by atomic mass is 16.5. The van der Waals surface area contributed by atoms with Gasteiger partial charge in [0.15, 0.2) is 0 Å². The number of hydrogen-bond acceptors (Lipinski definition) is 5. The normalized spacial score (nSPS) is 23.1. The molecule has 3 N–H and O–H groups in total. The minimum atomic E-state index is -0.676. The van der Waals surface area contributed by atoms with E-state index in [1.807, 2.05) is 36.4 Å². The molecule has 1 aromatic carbocycles. The molecule has 0 spiro atoms. The molecule has 126 valence electrons. The molecule has 6 nitrogen and oxygen atoms in total. The Morgan fingerprint density at radius 2 is 2.00 bits per heavy atom. The Morgan fingerprint density at radius 1 is 1.21 bits per heavy atom. The van der Waals surface area contributed by atoms with Crippen LogP contribution in [0.25, 0.3) is 0 Å². The van der Waals surface area contributed by atoms with Gasteiger partial charge in [-0.05, 0) is 24.3 Å². The lowest BCUT2D eigenvalue weighted by Gasteiger charge is -2.18. The van der Waals surface area contributed by atoms with E-state index in [9.17, 15) is 9.90 Å². The molecular formula is C18H21N3O3. The van der Waals surface area contributed by atoms with Crippen LogP contribution in [-0.2, 0) is 11.3 Å².